The zero-order chi connectivity index (χ0) is 37.1. The van der Waals surface area contributed by atoms with Crippen LogP contribution in [0.5, 0.6) is 17.2 Å². The number of ether oxygens (including phenoxy) is 5. The number of benzene rings is 1. The van der Waals surface area contributed by atoms with Gasteiger partial charge in [0.15, 0.2) is 12.1 Å². The fourth-order valence-electron chi connectivity index (χ4n) is 15.1. The second-order valence-electron chi connectivity index (χ2n) is 20.3. The van der Waals surface area contributed by atoms with Crippen molar-refractivity contribution in [3.63, 3.8) is 0 Å². The van der Waals surface area contributed by atoms with E-state index in [1.54, 1.807) is 12.1 Å². The quantitative estimate of drug-likeness (QED) is 0.272. The maximum atomic E-state index is 11.3. The molecule has 53 heavy (non-hydrogen) atoms. The van der Waals surface area contributed by atoms with Gasteiger partial charge in [-0.1, -0.05) is 34.6 Å². The minimum Gasteiger partial charge on any atom is -0.508 e. The molecule has 0 radical (unpaired) electrons. The highest BCUT2D eigenvalue weighted by Gasteiger charge is 2.72. The van der Waals surface area contributed by atoms with E-state index in [-0.39, 0.29) is 23.7 Å². The van der Waals surface area contributed by atoms with Crippen molar-refractivity contribution in [1.29, 1.82) is 0 Å². The lowest BCUT2D eigenvalue weighted by atomic mass is 9.44. The maximum Gasteiger partial charge on any atom is 0.303 e. The first-order valence-electron chi connectivity index (χ1n) is 21.6. The molecule has 294 valence electrons. The van der Waals surface area contributed by atoms with Gasteiger partial charge in [-0.05, 0) is 149 Å². The highest BCUT2D eigenvalue weighted by molar-refractivity contribution is 5.66. The number of fused-ring (bicyclic) bond motifs is 6. The third-order valence-corrected chi connectivity index (χ3v) is 17.7. The zero-order valence-corrected chi connectivity index (χ0v) is 33.2. The van der Waals surface area contributed by atoms with Crippen LogP contribution in [-0.4, -0.2) is 46.3 Å². The predicted molar refractivity (Wildman–Crippen MR) is 200 cm³/mol. The molecule has 5 aliphatic carbocycles. The highest BCUT2D eigenvalue weighted by Crippen LogP contribution is 2.69. The number of carbonyl (C=O) groups is 1. The number of phenolic OH excluding ortho intramolecular Hbond substituents is 1. The van der Waals surface area contributed by atoms with E-state index in [9.17, 15) is 15.0 Å². The number of aliphatic carboxylic acids is 1. The van der Waals surface area contributed by atoms with Gasteiger partial charge in [-0.2, -0.15) is 0 Å². The van der Waals surface area contributed by atoms with Crippen molar-refractivity contribution in [2.24, 2.45) is 70.0 Å². The minimum absolute atomic E-state index is 0.108. The monoisotopic (exact) mass is 734 g/mol. The Bertz CT molecular complexity index is 1560. The van der Waals surface area contributed by atoms with Crippen molar-refractivity contribution < 1.29 is 38.7 Å². The van der Waals surface area contributed by atoms with Crippen molar-refractivity contribution in [2.75, 3.05) is 0 Å². The van der Waals surface area contributed by atoms with Crippen molar-refractivity contribution in [3.8, 4) is 17.2 Å². The molecule has 3 aliphatic heterocycles. The van der Waals surface area contributed by atoms with Crippen LogP contribution in [0.15, 0.2) is 18.2 Å². The molecule has 9 unspecified atom stereocenters. The van der Waals surface area contributed by atoms with E-state index >= 15 is 0 Å². The molecule has 0 amide bonds. The van der Waals surface area contributed by atoms with Crippen molar-refractivity contribution in [3.05, 3.63) is 18.2 Å². The van der Waals surface area contributed by atoms with Gasteiger partial charge in [0, 0.05) is 42.9 Å². The van der Waals surface area contributed by atoms with Crippen molar-refractivity contribution >= 4 is 5.97 Å². The fraction of sp³-hybridized carbons (Fsp3) is 0.844. The molecule has 1 aromatic rings. The fourth-order valence-corrected chi connectivity index (χ4v) is 15.1. The number of hydrogen-bond acceptors (Lipinski definition) is 7. The minimum atomic E-state index is -0.659. The number of carboxylic acid groups (broad SMARTS) is 1. The Morgan fingerprint density at radius 3 is 2.36 bits per heavy atom. The van der Waals surface area contributed by atoms with Gasteiger partial charge in [0.1, 0.15) is 22.8 Å². The second kappa shape index (κ2) is 13.0. The molecule has 17 atom stereocenters. The molecular formula is C45H66O8. The van der Waals surface area contributed by atoms with Crippen LogP contribution in [0.1, 0.15) is 138 Å². The molecule has 8 heteroatoms. The van der Waals surface area contributed by atoms with Crippen LogP contribution in [0.3, 0.4) is 0 Å². The molecule has 0 aromatic heterocycles. The summed E-state index contributed by atoms with van der Waals surface area (Å²) in [5, 5.41) is 20.2. The smallest absolute Gasteiger partial charge is 0.303 e. The normalized spacial score (nSPS) is 50.2. The number of aromatic hydroxyl groups is 1. The van der Waals surface area contributed by atoms with Crippen LogP contribution < -0.4 is 9.47 Å². The summed E-state index contributed by atoms with van der Waals surface area (Å²) in [5.41, 5.74) is 0.281. The number of carboxylic acids is 1. The summed E-state index contributed by atoms with van der Waals surface area (Å²) in [6, 6.07) is 5.36. The van der Waals surface area contributed by atoms with Gasteiger partial charge in [-0.25, -0.2) is 0 Å². The lowest BCUT2D eigenvalue weighted by Gasteiger charge is -2.61. The lowest BCUT2D eigenvalue weighted by Crippen LogP contribution is -2.66. The van der Waals surface area contributed by atoms with Crippen molar-refractivity contribution in [2.45, 2.75) is 168 Å². The standard InChI is InChI=1S/C45H66O8/c1-25(8-14-39(47)48)34-12-13-37-33-10-9-28-21-30(15-18-42(28,4)38(33)16-19-43(34,37)5)49-31-22-29(46)23-32(24-31)50-40-27(3)36-11-7-26(2)35-17-20-44(6)52-41(51-40)45(35,36)53-44/h22-28,30,33-38,40-41,46H,7-21H2,1-6H3,(H,47,48)/t25-,26-,27-,28?,30-,33?,34?,35?,36?,37?,38?,40?,41?,42+,43-,44-,45+/m1/s1. The average Bonchev–Trinajstić information content (AvgIpc) is 3.57. The molecule has 2 bridgehead atoms. The van der Waals surface area contributed by atoms with E-state index in [1.165, 1.54) is 51.4 Å². The zero-order valence-electron chi connectivity index (χ0n) is 33.2. The largest absolute Gasteiger partial charge is 0.508 e. The summed E-state index contributed by atoms with van der Waals surface area (Å²) in [6.07, 6.45) is 15.6. The van der Waals surface area contributed by atoms with Crippen LogP contribution >= 0.6 is 0 Å². The molecule has 9 rings (SSSR count). The first-order chi connectivity index (χ1) is 25.2. The van der Waals surface area contributed by atoms with Gasteiger partial charge in [-0.15, -0.1) is 0 Å². The van der Waals surface area contributed by atoms with Crippen LogP contribution in [0.2, 0.25) is 0 Å². The Balaban J connectivity index is 0.853. The van der Waals surface area contributed by atoms with Crippen LogP contribution in [0, 0.1) is 70.0 Å². The molecule has 2 N–H and O–H groups in total. The Morgan fingerprint density at radius 2 is 1.57 bits per heavy atom. The second-order valence-corrected chi connectivity index (χ2v) is 20.3. The molecule has 1 aromatic carbocycles. The third-order valence-electron chi connectivity index (χ3n) is 17.7. The van der Waals surface area contributed by atoms with Gasteiger partial charge in [-0.3, -0.25) is 4.79 Å². The van der Waals surface area contributed by atoms with E-state index in [0.717, 1.165) is 56.3 Å². The molecule has 8 nitrogen and oxygen atoms in total. The van der Waals surface area contributed by atoms with Gasteiger partial charge < -0.3 is 33.9 Å². The first-order valence-corrected chi connectivity index (χ1v) is 21.6. The van der Waals surface area contributed by atoms with E-state index in [1.807, 2.05) is 6.07 Å². The Kier molecular flexibility index (Phi) is 8.98. The van der Waals surface area contributed by atoms with E-state index < -0.39 is 29.9 Å². The first kappa shape index (κ1) is 36.6. The molecule has 8 aliphatic rings. The number of rotatable bonds is 8. The summed E-state index contributed by atoms with van der Waals surface area (Å²) in [7, 11) is 0. The summed E-state index contributed by atoms with van der Waals surface area (Å²) in [5.74, 6) is 5.63. The molecule has 3 heterocycles. The summed E-state index contributed by atoms with van der Waals surface area (Å²) in [6.45, 7) is 14.2. The molecular weight excluding hydrogens is 668 g/mol. The maximum absolute atomic E-state index is 11.3. The number of phenols is 1. The van der Waals surface area contributed by atoms with Crippen LogP contribution in [-0.2, 0) is 19.0 Å². The molecule has 1 spiro atoms. The summed E-state index contributed by atoms with van der Waals surface area (Å²) in [4.78, 5) is 11.3. The Labute approximate surface area is 317 Å². The van der Waals surface area contributed by atoms with E-state index in [2.05, 4.69) is 41.5 Å². The van der Waals surface area contributed by atoms with Gasteiger partial charge in [0.2, 0.25) is 6.29 Å². The van der Waals surface area contributed by atoms with Gasteiger partial charge in [0.25, 0.3) is 0 Å². The lowest BCUT2D eigenvalue weighted by molar-refractivity contribution is -0.320. The summed E-state index contributed by atoms with van der Waals surface area (Å²) >= 11 is 0. The van der Waals surface area contributed by atoms with Crippen LogP contribution in [0.25, 0.3) is 0 Å². The average molecular weight is 735 g/mol. The molecule has 3 saturated heterocycles. The summed E-state index contributed by atoms with van der Waals surface area (Å²) < 4.78 is 33.4. The highest BCUT2D eigenvalue weighted by atomic mass is 16.9. The SMILES string of the molecule is C[C@H]1C(Oc2cc(O)cc(O[C@@H]3CC[C@@]4(C)C(CCC5C4CC[C@@]4(C)C5CCC4[C@H](C)CCC(=O)O)C3)c2)OC2O[C@@]3(C)CCC4[C@H](C)CCC1[C@]24O3. The Morgan fingerprint density at radius 1 is 0.849 bits per heavy atom. The van der Waals surface area contributed by atoms with Gasteiger partial charge in [0.05, 0.1) is 6.10 Å². The Hall–Kier alpha value is -2.03. The van der Waals surface area contributed by atoms with Gasteiger partial charge >= 0.3 is 5.97 Å². The van der Waals surface area contributed by atoms with E-state index in [0.29, 0.717) is 58.3 Å². The molecule has 5 saturated carbocycles. The molecule has 8 fully saturated rings. The van der Waals surface area contributed by atoms with Crippen LogP contribution in [0.4, 0.5) is 0 Å². The third kappa shape index (κ3) is 5.79. The topological polar surface area (TPSA) is 104 Å². The van der Waals surface area contributed by atoms with E-state index in [4.69, 9.17) is 23.7 Å². The predicted octanol–water partition coefficient (Wildman–Crippen LogP) is 9.95. The number of hydrogen-bond donors (Lipinski definition) is 2. The van der Waals surface area contributed by atoms with Crippen molar-refractivity contribution in [1.82, 2.24) is 0 Å².